The van der Waals surface area contributed by atoms with Crippen LogP contribution in [-0.2, 0) is 20.8 Å². The minimum atomic E-state index is -1.77. The van der Waals surface area contributed by atoms with Crippen molar-refractivity contribution in [2.24, 2.45) is 0 Å². The Labute approximate surface area is 135 Å². The summed E-state index contributed by atoms with van der Waals surface area (Å²) < 4.78 is 4.59. The monoisotopic (exact) mass is 344 g/mol. The number of phenols is 2. The van der Waals surface area contributed by atoms with Crippen LogP contribution in [0.15, 0.2) is 18.2 Å². The van der Waals surface area contributed by atoms with Gasteiger partial charge in [0.05, 0.1) is 0 Å². The second-order valence-electron chi connectivity index (χ2n) is 4.95. The van der Waals surface area contributed by atoms with Gasteiger partial charge in [-0.05, 0) is 24.6 Å². The first-order valence-corrected chi connectivity index (χ1v) is 6.60. The number of carbonyl (C=O) groups is 2. The van der Waals surface area contributed by atoms with E-state index in [1.165, 1.54) is 19.1 Å². The molecule has 0 saturated carbocycles. The SMILES string of the molecule is CC(Cc1ccc(O)c(O)c1)(NC(=O)OCCO[N+](=O)[O-])C(=O)O. The zero-order chi connectivity index (χ0) is 18.3. The lowest BCUT2D eigenvalue weighted by atomic mass is 9.93. The van der Waals surface area contributed by atoms with Crippen LogP contribution < -0.4 is 5.32 Å². The Hall–Kier alpha value is -3.24. The summed E-state index contributed by atoms with van der Waals surface area (Å²) in [6.45, 7) is 0.284. The Morgan fingerprint density at radius 3 is 2.50 bits per heavy atom. The third-order valence-corrected chi connectivity index (χ3v) is 2.96. The highest BCUT2D eigenvalue weighted by molar-refractivity contribution is 5.84. The number of phenolic OH excluding ortho intramolecular Hbond substituents is 2. The number of rotatable bonds is 8. The minimum absolute atomic E-state index is 0.212. The van der Waals surface area contributed by atoms with Gasteiger partial charge < -0.3 is 30.2 Å². The highest BCUT2D eigenvalue weighted by Crippen LogP contribution is 2.26. The van der Waals surface area contributed by atoms with E-state index in [0.29, 0.717) is 5.56 Å². The van der Waals surface area contributed by atoms with Gasteiger partial charge in [-0.1, -0.05) is 6.07 Å². The highest BCUT2D eigenvalue weighted by Gasteiger charge is 2.36. The third-order valence-electron chi connectivity index (χ3n) is 2.96. The van der Waals surface area contributed by atoms with Crippen LogP contribution in [0.25, 0.3) is 0 Å². The van der Waals surface area contributed by atoms with Gasteiger partial charge in [0.2, 0.25) is 0 Å². The number of alkyl carbamates (subject to hydrolysis) is 1. The maximum absolute atomic E-state index is 11.6. The number of carbonyl (C=O) groups excluding carboxylic acids is 1. The average molecular weight is 344 g/mol. The van der Waals surface area contributed by atoms with E-state index in [9.17, 15) is 35.0 Å². The summed E-state index contributed by atoms with van der Waals surface area (Å²) in [5, 5.41) is 39.0. The molecule has 132 valence electrons. The van der Waals surface area contributed by atoms with Crippen molar-refractivity contribution in [2.45, 2.75) is 18.9 Å². The molecule has 0 heterocycles. The summed E-state index contributed by atoms with van der Waals surface area (Å²) >= 11 is 0. The van der Waals surface area contributed by atoms with Gasteiger partial charge >= 0.3 is 12.1 Å². The summed E-state index contributed by atoms with van der Waals surface area (Å²) in [7, 11) is 0. The Kier molecular flexibility index (Phi) is 6.15. The second-order valence-corrected chi connectivity index (χ2v) is 4.95. The van der Waals surface area contributed by atoms with E-state index in [0.717, 1.165) is 6.07 Å². The number of hydrogen-bond donors (Lipinski definition) is 4. The van der Waals surface area contributed by atoms with E-state index in [2.05, 4.69) is 14.9 Å². The molecule has 1 amide bonds. The molecule has 0 aliphatic rings. The van der Waals surface area contributed by atoms with Gasteiger partial charge in [0.1, 0.15) is 18.8 Å². The summed E-state index contributed by atoms with van der Waals surface area (Å²) in [5.41, 5.74) is -1.43. The van der Waals surface area contributed by atoms with Gasteiger partial charge in [-0.15, -0.1) is 10.1 Å². The van der Waals surface area contributed by atoms with Crippen molar-refractivity contribution < 1.29 is 39.6 Å². The van der Waals surface area contributed by atoms with E-state index in [4.69, 9.17) is 0 Å². The molecule has 0 aliphatic carbocycles. The van der Waals surface area contributed by atoms with Gasteiger partial charge in [-0.2, -0.15) is 0 Å². The fraction of sp³-hybridized carbons (Fsp3) is 0.385. The van der Waals surface area contributed by atoms with E-state index >= 15 is 0 Å². The molecule has 0 bridgehead atoms. The fourth-order valence-electron chi connectivity index (χ4n) is 1.77. The quantitative estimate of drug-likeness (QED) is 0.226. The lowest BCUT2D eigenvalue weighted by molar-refractivity contribution is -0.757. The average Bonchev–Trinajstić information content (AvgIpc) is 2.47. The maximum Gasteiger partial charge on any atom is 0.408 e. The largest absolute Gasteiger partial charge is 0.504 e. The number of aliphatic carboxylic acids is 1. The third kappa shape index (κ3) is 5.51. The molecule has 11 nitrogen and oxygen atoms in total. The molecule has 1 unspecified atom stereocenters. The molecule has 0 spiro atoms. The van der Waals surface area contributed by atoms with E-state index < -0.39 is 41.7 Å². The van der Waals surface area contributed by atoms with Crippen LogP contribution in [0.5, 0.6) is 11.5 Å². The Morgan fingerprint density at radius 2 is 1.96 bits per heavy atom. The van der Waals surface area contributed by atoms with Crippen LogP contribution in [0, 0.1) is 10.1 Å². The van der Waals surface area contributed by atoms with Crippen molar-refractivity contribution in [2.75, 3.05) is 13.2 Å². The van der Waals surface area contributed by atoms with Crippen LogP contribution in [-0.4, -0.2) is 51.2 Å². The normalized spacial score (nSPS) is 12.7. The number of nitrogens with one attached hydrogen (secondary N) is 1. The summed E-state index contributed by atoms with van der Waals surface area (Å²) in [4.78, 5) is 36.9. The van der Waals surface area contributed by atoms with E-state index in [-0.39, 0.29) is 12.2 Å². The second kappa shape index (κ2) is 7.85. The number of carboxylic acid groups (broad SMARTS) is 1. The maximum atomic E-state index is 11.6. The summed E-state index contributed by atoms with van der Waals surface area (Å²) in [6, 6.07) is 3.73. The molecule has 0 aliphatic heterocycles. The standard InChI is InChI=1S/C13H16N2O9/c1-13(11(18)19,7-8-2-3-9(16)10(17)6-8)14-12(20)23-4-5-24-15(21)22/h2-3,6,16-17H,4-5,7H2,1H3,(H,14,20)(H,18,19). The molecule has 1 aromatic carbocycles. The van der Waals surface area contributed by atoms with Crippen molar-refractivity contribution in [3.63, 3.8) is 0 Å². The van der Waals surface area contributed by atoms with Crippen LogP contribution in [0.2, 0.25) is 0 Å². The summed E-state index contributed by atoms with van der Waals surface area (Å²) in [5.74, 6) is -2.16. The van der Waals surface area contributed by atoms with Crippen molar-refractivity contribution in [3.8, 4) is 11.5 Å². The number of carboxylic acids is 1. The van der Waals surface area contributed by atoms with Gasteiger partial charge in [0, 0.05) is 6.42 Å². The molecule has 0 saturated heterocycles. The number of benzene rings is 1. The van der Waals surface area contributed by atoms with Crippen LogP contribution >= 0.6 is 0 Å². The molecule has 1 rings (SSSR count). The predicted octanol–water partition coefficient (Wildman–Crippen LogP) is 0.418. The van der Waals surface area contributed by atoms with Gasteiger partial charge in [0.25, 0.3) is 5.09 Å². The number of nitrogens with zero attached hydrogens (tertiary/aromatic N) is 1. The first-order valence-electron chi connectivity index (χ1n) is 6.60. The lowest BCUT2D eigenvalue weighted by Crippen LogP contribution is -2.54. The molecule has 0 fully saturated rings. The number of hydrogen-bond acceptors (Lipinski definition) is 8. The lowest BCUT2D eigenvalue weighted by Gasteiger charge is -2.26. The first kappa shape index (κ1) is 18.8. The van der Waals surface area contributed by atoms with Crippen molar-refractivity contribution in [1.29, 1.82) is 0 Å². The predicted molar refractivity (Wildman–Crippen MR) is 76.9 cm³/mol. The van der Waals surface area contributed by atoms with Crippen molar-refractivity contribution in [3.05, 3.63) is 33.9 Å². The minimum Gasteiger partial charge on any atom is -0.504 e. The summed E-state index contributed by atoms with van der Waals surface area (Å²) in [6.07, 6.45) is -1.31. The zero-order valence-corrected chi connectivity index (χ0v) is 12.6. The van der Waals surface area contributed by atoms with Gasteiger partial charge in [-0.25, -0.2) is 9.59 Å². The molecular weight excluding hydrogens is 328 g/mol. The van der Waals surface area contributed by atoms with Crippen LogP contribution in [0.4, 0.5) is 4.79 Å². The van der Waals surface area contributed by atoms with Crippen LogP contribution in [0.1, 0.15) is 12.5 Å². The highest BCUT2D eigenvalue weighted by atomic mass is 17.0. The smallest absolute Gasteiger partial charge is 0.408 e. The van der Waals surface area contributed by atoms with Gasteiger partial charge in [0.15, 0.2) is 11.5 Å². The fourth-order valence-corrected chi connectivity index (χ4v) is 1.77. The number of aromatic hydroxyl groups is 2. The molecule has 1 atom stereocenters. The first-order chi connectivity index (χ1) is 11.1. The van der Waals surface area contributed by atoms with Crippen LogP contribution in [0.3, 0.4) is 0 Å². The Balaban J connectivity index is 2.69. The molecule has 0 radical (unpaired) electrons. The molecule has 24 heavy (non-hydrogen) atoms. The molecular formula is C13H16N2O9. The topological polar surface area (TPSA) is 168 Å². The molecule has 11 heteroatoms. The molecule has 0 aromatic heterocycles. The van der Waals surface area contributed by atoms with Crippen molar-refractivity contribution in [1.82, 2.24) is 5.32 Å². The van der Waals surface area contributed by atoms with Gasteiger partial charge in [-0.3, -0.25) is 0 Å². The van der Waals surface area contributed by atoms with Crippen molar-refractivity contribution >= 4 is 12.1 Å². The van der Waals surface area contributed by atoms with E-state index in [1.54, 1.807) is 0 Å². The number of amides is 1. The Bertz CT molecular complexity index is 634. The Morgan fingerprint density at radius 1 is 1.29 bits per heavy atom. The molecule has 1 aromatic rings. The molecule has 4 N–H and O–H groups in total. The zero-order valence-electron chi connectivity index (χ0n) is 12.6. The number of ether oxygens (including phenoxy) is 1. The van der Waals surface area contributed by atoms with E-state index in [1.807, 2.05) is 0 Å².